The van der Waals surface area contributed by atoms with E-state index in [2.05, 4.69) is 38.6 Å². The Balaban J connectivity index is 2.17. The molecule has 0 saturated heterocycles. The van der Waals surface area contributed by atoms with Crippen LogP contribution in [0.5, 0.6) is 0 Å². The van der Waals surface area contributed by atoms with Crippen LogP contribution >= 0.6 is 0 Å². The van der Waals surface area contributed by atoms with Crippen molar-refractivity contribution in [2.75, 3.05) is 0 Å². The van der Waals surface area contributed by atoms with Crippen LogP contribution in [0.4, 0.5) is 0 Å². The number of rotatable bonds is 1. The molecule has 0 saturated carbocycles. The number of hydrogen-bond acceptors (Lipinski definition) is 3. The second kappa shape index (κ2) is 6.31. The highest BCUT2D eigenvalue weighted by atomic mass is 16.2. The maximum absolute atomic E-state index is 12.1. The summed E-state index contributed by atoms with van der Waals surface area (Å²) in [6, 6.07) is 9.00. The summed E-state index contributed by atoms with van der Waals surface area (Å²) in [5, 5.41) is 0. The second-order valence-corrected chi connectivity index (χ2v) is 5.10. The summed E-state index contributed by atoms with van der Waals surface area (Å²) in [6.07, 6.45) is 0. The molecule has 0 spiro atoms. The number of imidazole rings is 1. The molecule has 2 aromatic heterocycles. The minimum atomic E-state index is -0.545. The first kappa shape index (κ1) is 15.4. The van der Waals surface area contributed by atoms with Gasteiger partial charge in [0.2, 0.25) is 0 Å². The summed E-state index contributed by atoms with van der Waals surface area (Å²) in [6.45, 7) is 3.45. The van der Waals surface area contributed by atoms with E-state index in [0.29, 0.717) is 5.82 Å². The van der Waals surface area contributed by atoms with E-state index in [0.717, 1.165) is 5.56 Å². The number of H-pyrrole nitrogens is 2. The third kappa shape index (κ3) is 2.86. The smallest absolute Gasteiger partial charge is 0.325 e. The predicted molar refractivity (Wildman–Crippen MR) is 91.6 cm³/mol. The molecule has 0 aliphatic carbocycles. The molecule has 0 amide bonds. The quantitative estimate of drug-likeness (QED) is 0.665. The lowest BCUT2D eigenvalue weighted by molar-refractivity contribution is 0.651. The Morgan fingerprint density at radius 1 is 1.12 bits per heavy atom. The van der Waals surface area contributed by atoms with Crippen LogP contribution in [-0.4, -0.2) is 19.5 Å². The number of hydrogen-bond donors (Lipinski definition) is 2. The van der Waals surface area contributed by atoms with Crippen LogP contribution in [0.15, 0.2) is 39.9 Å². The Bertz CT molecular complexity index is 1130. The largest absolute Gasteiger partial charge is 0.331 e. The van der Waals surface area contributed by atoms with Crippen molar-refractivity contribution in [1.82, 2.24) is 19.5 Å². The molecule has 2 heterocycles. The minimum Gasteiger partial charge on any atom is -0.325 e. The highest BCUT2D eigenvalue weighted by Gasteiger charge is 2.15. The van der Waals surface area contributed by atoms with Gasteiger partial charge in [-0.05, 0) is 31.9 Å². The van der Waals surface area contributed by atoms with Gasteiger partial charge in [-0.15, -0.1) is 5.92 Å². The van der Waals surface area contributed by atoms with Crippen molar-refractivity contribution in [3.63, 3.8) is 0 Å². The maximum Gasteiger partial charge on any atom is 0.331 e. The third-order valence-electron chi connectivity index (χ3n) is 3.42. The zero-order valence-electron chi connectivity index (χ0n) is 13.2. The Morgan fingerprint density at radius 3 is 2.58 bits per heavy atom. The molecule has 1 atom stereocenters. The average molecular weight is 318 g/mol. The predicted octanol–water partition coefficient (Wildman–Crippen LogP) is 1.40. The summed E-state index contributed by atoms with van der Waals surface area (Å²) >= 11 is 0. The number of benzene rings is 1. The van der Waals surface area contributed by atoms with Crippen molar-refractivity contribution < 1.29 is 0 Å². The van der Waals surface area contributed by atoms with Gasteiger partial charge in [0.15, 0.2) is 17.0 Å². The lowest BCUT2D eigenvalue weighted by Crippen LogP contribution is -2.31. The van der Waals surface area contributed by atoms with Gasteiger partial charge in [-0.3, -0.25) is 14.3 Å². The van der Waals surface area contributed by atoms with Crippen LogP contribution in [0, 0.1) is 23.7 Å². The molecule has 0 aliphatic heterocycles. The SMILES string of the molecule is CC#CC(C)n1c(=O)[nH]c(=O)c2[nH]c(C#Cc3ccccc3)nc21. The van der Waals surface area contributed by atoms with Gasteiger partial charge in [-0.1, -0.05) is 30.0 Å². The number of aromatic nitrogens is 4. The molecule has 118 valence electrons. The van der Waals surface area contributed by atoms with Crippen molar-refractivity contribution in [3.8, 4) is 23.7 Å². The summed E-state index contributed by atoms with van der Waals surface area (Å²) < 4.78 is 1.34. The van der Waals surface area contributed by atoms with Crippen molar-refractivity contribution in [2.45, 2.75) is 19.9 Å². The molecule has 0 aliphatic rings. The van der Waals surface area contributed by atoms with Gasteiger partial charge in [0.05, 0.1) is 6.04 Å². The van der Waals surface area contributed by atoms with E-state index >= 15 is 0 Å². The van der Waals surface area contributed by atoms with Crippen LogP contribution < -0.4 is 11.2 Å². The summed E-state index contributed by atoms with van der Waals surface area (Å²) in [5.74, 6) is 11.8. The minimum absolute atomic E-state index is 0.205. The van der Waals surface area contributed by atoms with Crippen LogP contribution in [0.3, 0.4) is 0 Å². The van der Waals surface area contributed by atoms with Crippen LogP contribution in [0.25, 0.3) is 11.2 Å². The Morgan fingerprint density at radius 2 is 1.88 bits per heavy atom. The summed E-state index contributed by atoms with van der Waals surface area (Å²) in [5.41, 5.74) is 0.211. The zero-order chi connectivity index (χ0) is 17.1. The van der Waals surface area contributed by atoms with Crippen LogP contribution in [-0.2, 0) is 0 Å². The number of aromatic amines is 2. The molecular weight excluding hydrogens is 304 g/mol. The Kier molecular flexibility index (Phi) is 4.05. The first-order chi connectivity index (χ1) is 11.6. The van der Waals surface area contributed by atoms with Crippen molar-refractivity contribution in [1.29, 1.82) is 0 Å². The fourth-order valence-corrected chi connectivity index (χ4v) is 2.36. The lowest BCUT2D eigenvalue weighted by atomic mass is 10.2. The van der Waals surface area contributed by atoms with Crippen molar-refractivity contribution >= 4 is 11.2 Å². The topological polar surface area (TPSA) is 83.5 Å². The van der Waals surface area contributed by atoms with Gasteiger partial charge in [0.25, 0.3) is 5.56 Å². The lowest BCUT2D eigenvalue weighted by Gasteiger charge is -2.08. The molecule has 6 heteroatoms. The molecule has 1 unspecified atom stereocenters. The monoisotopic (exact) mass is 318 g/mol. The van der Waals surface area contributed by atoms with Gasteiger partial charge < -0.3 is 4.98 Å². The van der Waals surface area contributed by atoms with Crippen molar-refractivity contribution in [3.05, 3.63) is 62.6 Å². The molecular formula is C18H14N4O2. The molecule has 24 heavy (non-hydrogen) atoms. The molecule has 6 nitrogen and oxygen atoms in total. The molecule has 3 rings (SSSR count). The van der Waals surface area contributed by atoms with E-state index in [1.54, 1.807) is 13.8 Å². The molecule has 1 aromatic carbocycles. The highest BCUT2D eigenvalue weighted by Crippen LogP contribution is 2.10. The van der Waals surface area contributed by atoms with Gasteiger partial charge in [0, 0.05) is 5.56 Å². The van der Waals surface area contributed by atoms with E-state index in [-0.39, 0.29) is 11.2 Å². The van der Waals surface area contributed by atoms with Gasteiger partial charge in [0.1, 0.15) is 0 Å². The number of nitrogens with zero attached hydrogens (tertiary/aromatic N) is 2. The van der Waals surface area contributed by atoms with Crippen molar-refractivity contribution in [2.24, 2.45) is 0 Å². The Hall–Kier alpha value is -3.51. The maximum atomic E-state index is 12.1. The second-order valence-electron chi connectivity index (χ2n) is 5.10. The molecule has 3 aromatic rings. The van der Waals surface area contributed by atoms with E-state index in [4.69, 9.17) is 0 Å². The van der Waals surface area contributed by atoms with E-state index < -0.39 is 17.3 Å². The number of nitrogens with one attached hydrogen (secondary N) is 2. The number of fused-ring (bicyclic) bond motifs is 1. The summed E-state index contributed by atoms with van der Waals surface area (Å²) in [7, 11) is 0. The van der Waals surface area contributed by atoms with Crippen LogP contribution in [0.1, 0.15) is 31.3 Å². The standard InChI is InChI=1S/C18H14N4O2/c1-3-7-12(2)22-16-15(17(23)21-18(22)24)19-14(20-16)11-10-13-8-5-4-6-9-13/h4-6,8-9,12H,1-2H3,(H,19,20)(H,21,23,24). The fourth-order valence-electron chi connectivity index (χ4n) is 2.36. The van der Waals surface area contributed by atoms with Crippen LogP contribution in [0.2, 0.25) is 0 Å². The Labute approximate surface area is 137 Å². The fraction of sp³-hybridized carbons (Fsp3) is 0.167. The normalized spacial score (nSPS) is 11.2. The van der Waals surface area contributed by atoms with Gasteiger partial charge in [-0.25, -0.2) is 9.78 Å². The molecule has 0 fully saturated rings. The van der Waals surface area contributed by atoms with E-state index in [9.17, 15) is 9.59 Å². The first-order valence-electron chi connectivity index (χ1n) is 7.34. The zero-order valence-corrected chi connectivity index (χ0v) is 13.2. The molecule has 2 N–H and O–H groups in total. The van der Waals surface area contributed by atoms with Gasteiger partial charge in [-0.2, -0.15) is 0 Å². The van der Waals surface area contributed by atoms with E-state index in [1.807, 2.05) is 30.3 Å². The first-order valence-corrected chi connectivity index (χ1v) is 7.34. The molecule has 0 bridgehead atoms. The van der Waals surface area contributed by atoms with E-state index in [1.165, 1.54) is 4.57 Å². The summed E-state index contributed by atoms with van der Waals surface area (Å²) in [4.78, 5) is 33.5. The highest BCUT2D eigenvalue weighted by molar-refractivity contribution is 5.71. The van der Waals surface area contributed by atoms with Gasteiger partial charge >= 0.3 is 5.69 Å². The molecule has 0 radical (unpaired) electrons. The third-order valence-corrected chi connectivity index (χ3v) is 3.42. The average Bonchev–Trinajstić information content (AvgIpc) is 2.98.